The van der Waals surface area contributed by atoms with E-state index in [4.69, 9.17) is 0 Å². The highest BCUT2D eigenvalue weighted by Gasteiger charge is 2.34. The van der Waals surface area contributed by atoms with E-state index in [1.807, 2.05) is 25.1 Å². The van der Waals surface area contributed by atoms with Gasteiger partial charge in [-0.25, -0.2) is 0 Å². The van der Waals surface area contributed by atoms with E-state index < -0.39 is 0 Å². The normalized spacial score (nSPS) is 19.9. The van der Waals surface area contributed by atoms with Crippen LogP contribution >= 0.6 is 0 Å². The Hall–Kier alpha value is -2.04. The Morgan fingerprint density at radius 2 is 2.24 bits per heavy atom. The van der Waals surface area contributed by atoms with Gasteiger partial charge in [0.1, 0.15) is 6.17 Å². The zero-order valence-corrected chi connectivity index (χ0v) is 12.6. The Labute approximate surface area is 125 Å². The highest BCUT2D eigenvalue weighted by Crippen LogP contribution is 2.26. The Balaban J connectivity index is 2.19. The summed E-state index contributed by atoms with van der Waals surface area (Å²) in [5.74, 6) is -0.585. The van der Waals surface area contributed by atoms with E-state index in [0.717, 1.165) is 31.4 Å². The average molecular weight is 289 g/mol. The second-order valence-corrected chi connectivity index (χ2v) is 5.41. The molecule has 0 bridgehead atoms. The molecule has 5 heteroatoms. The number of hydrogen-bond donors (Lipinski definition) is 2. The average Bonchev–Trinajstić information content (AvgIpc) is 2.50. The molecule has 0 saturated carbocycles. The number of hydrogen-bond acceptors (Lipinski definition) is 4. The minimum Gasteiger partial charge on any atom is -0.502 e. The summed E-state index contributed by atoms with van der Waals surface area (Å²) in [6, 6.07) is 5.66. The molecular formula is C16H23N3O2. The van der Waals surface area contributed by atoms with Crippen molar-refractivity contribution in [1.29, 1.82) is 0 Å². The van der Waals surface area contributed by atoms with E-state index >= 15 is 0 Å². The van der Waals surface area contributed by atoms with E-state index in [2.05, 4.69) is 17.2 Å². The number of unbranched alkanes of at least 4 members (excludes halogenated alkanes) is 2. The van der Waals surface area contributed by atoms with Crippen molar-refractivity contribution in [3.63, 3.8) is 0 Å². The molecule has 5 nitrogen and oxygen atoms in total. The fourth-order valence-electron chi connectivity index (χ4n) is 2.60. The topological polar surface area (TPSA) is 65.5 Å². The van der Waals surface area contributed by atoms with Crippen molar-refractivity contribution in [2.75, 3.05) is 0 Å². The summed E-state index contributed by atoms with van der Waals surface area (Å²) in [5.41, 5.74) is 0.775. The molecule has 21 heavy (non-hydrogen) atoms. The SMILES string of the molecule is CCCCCC(C)N1C(=O)C(O)=CNC1c1ccccn1. The molecule has 2 N–H and O–H groups in total. The molecule has 2 heterocycles. The third kappa shape index (κ3) is 3.54. The van der Waals surface area contributed by atoms with Crippen LogP contribution in [0, 0.1) is 0 Å². The number of rotatable bonds is 6. The van der Waals surface area contributed by atoms with Gasteiger partial charge >= 0.3 is 0 Å². The van der Waals surface area contributed by atoms with Crippen LogP contribution in [0.2, 0.25) is 0 Å². The quantitative estimate of drug-likeness (QED) is 0.790. The molecule has 1 aliphatic heterocycles. The summed E-state index contributed by atoms with van der Waals surface area (Å²) in [7, 11) is 0. The molecule has 0 saturated heterocycles. The number of pyridine rings is 1. The maximum absolute atomic E-state index is 12.3. The van der Waals surface area contributed by atoms with Gasteiger partial charge in [0.15, 0.2) is 5.76 Å². The first-order chi connectivity index (χ1) is 10.1. The van der Waals surface area contributed by atoms with E-state index in [0.29, 0.717) is 0 Å². The second kappa shape index (κ2) is 7.11. The fraction of sp³-hybridized carbons (Fsp3) is 0.500. The van der Waals surface area contributed by atoms with E-state index in [1.54, 1.807) is 11.1 Å². The zero-order chi connectivity index (χ0) is 15.2. The second-order valence-electron chi connectivity index (χ2n) is 5.41. The number of nitrogens with zero attached hydrogens (tertiary/aromatic N) is 2. The number of carbonyl (C=O) groups excluding carboxylic acids is 1. The summed E-state index contributed by atoms with van der Waals surface area (Å²) >= 11 is 0. The third-order valence-electron chi connectivity index (χ3n) is 3.78. The van der Waals surface area contributed by atoms with Crippen LogP contribution in [-0.2, 0) is 4.79 Å². The van der Waals surface area contributed by atoms with E-state index in [9.17, 15) is 9.90 Å². The number of carbonyl (C=O) groups is 1. The Morgan fingerprint density at radius 1 is 1.43 bits per heavy atom. The maximum Gasteiger partial charge on any atom is 0.292 e. The summed E-state index contributed by atoms with van der Waals surface area (Å²) < 4.78 is 0. The van der Waals surface area contributed by atoms with Crippen LogP contribution in [0.1, 0.15) is 51.4 Å². The molecule has 0 aromatic carbocycles. The first kappa shape index (κ1) is 15.4. The van der Waals surface area contributed by atoms with Crippen molar-refractivity contribution in [2.45, 2.75) is 51.7 Å². The van der Waals surface area contributed by atoms with Gasteiger partial charge in [0.25, 0.3) is 5.91 Å². The number of aliphatic hydroxyl groups excluding tert-OH is 1. The molecule has 114 valence electrons. The minimum absolute atomic E-state index is 0.0411. The molecule has 1 aliphatic rings. The lowest BCUT2D eigenvalue weighted by molar-refractivity contribution is -0.137. The Bertz CT molecular complexity index is 502. The van der Waals surface area contributed by atoms with Crippen molar-refractivity contribution in [3.8, 4) is 0 Å². The van der Waals surface area contributed by atoms with Crippen LogP contribution in [0.25, 0.3) is 0 Å². The fourth-order valence-corrected chi connectivity index (χ4v) is 2.60. The van der Waals surface area contributed by atoms with Gasteiger partial charge in [0, 0.05) is 18.4 Å². The molecule has 1 aromatic heterocycles. The van der Waals surface area contributed by atoms with Crippen LogP contribution in [0.4, 0.5) is 0 Å². The van der Waals surface area contributed by atoms with Crippen molar-refractivity contribution in [2.24, 2.45) is 0 Å². The standard InChI is InChI=1S/C16H23N3O2/c1-3-4-5-8-12(2)19-15(13-9-6-7-10-17-13)18-11-14(20)16(19)21/h6-7,9-12,15,18,20H,3-5,8H2,1-2H3. The molecule has 0 fully saturated rings. The molecule has 2 rings (SSSR count). The highest BCUT2D eigenvalue weighted by atomic mass is 16.3. The Morgan fingerprint density at radius 3 is 2.90 bits per heavy atom. The molecule has 2 unspecified atom stereocenters. The minimum atomic E-state index is -0.339. The first-order valence-electron chi connectivity index (χ1n) is 7.54. The monoisotopic (exact) mass is 289 g/mol. The van der Waals surface area contributed by atoms with Crippen LogP contribution in [0.5, 0.6) is 0 Å². The van der Waals surface area contributed by atoms with Gasteiger partial charge in [-0.05, 0) is 25.5 Å². The number of aromatic nitrogens is 1. The van der Waals surface area contributed by atoms with Gasteiger partial charge in [-0.2, -0.15) is 0 Å². The number of aliphatic hydroxyl groups is 1. The summed E-state index contributed by atoms with van der Waals surface area (Å²) in [6.45, 7) is 4.17. The predicted molar refractivity (Wildman–Crippen MR) is 81.3 cm³/mol. The van der Waals surface area contributed by atoms with Crippen LogP contribution < -0.4 is 5.32 Å². The lowest BCUT2D eigenvalue weighted by Gasteiger charge is -2.38. The maximum atomic E-state index is 12.3. The van der Waals surface area contributed by atoms with Crippen molar-refractivity contribution in [3.05, 3.63) is 42.0 Å². The first-order valence-corrected chi connectivity index (χ1v) is 7.54. The Kier molecular flexibility index (Phi) is 5.20. The van der Waals surface area contributed by atoms with Gasteiger partial charge in [-0.1, -0.05) is 32.3 Å². The predicted octanol–water partition coefficient (Wildman–Crippen LogP) is 2.88. The van der Waals surface area contributed by atoms with E-state index in [1.165, 1.54) is 6.20 Å². The lowest BCUT2D eigenvalue weighted by Crippen LogP contribution is -2.50. The molecule has 1 amide bonds. The summed E-state index contributed by atoms with van der Waals surface area (Å²) in [6.07, 6.45) is 7.02. The smallest absolute Gasteiger partial charge is 0.292 e. The van der Waals surface area contributed by atoms with Crippen LogP contribution in [0.15, 0.2) is 36.4 Å². The zero-order valence-electron chi connectivity index (χ0n) is 12.6. The molecule has 0 aliphatic carbocycles. The highest BCUT2D eigenvalue weighted by molar-refractivity contribution is 5.92. The molecule has 2 atom stereocenters. The molecular weight excluding hydrogens is 266 g/mol. The van der Waals surface area contributed by atoms with Gasteiger partial charge in [0.05, 0.1) is 5.69 Å². The van der Waals surface area contributed by atoms with Gasteiger partial charge in [0.2, 0.25) is 0 Å². The van der Waals surface area contributed by atoms with E-state index in [-0.39, 0.29) is 23.9 Å². The van der Waals surface area contributed by atoms with Crippen LogP contribution in [-0.4, -0.2) is 26.9 Å². The lowest BCUT2D eigenvalue weighted by atomic mass is 10.1. The number of nitrogens with one attached hydrogen (secondary N) is 1. The third-order valence-corrected chi connectivity index (χ3v) is 3.78. The molecule has 0 radical (unpaired) electrons. The summed E-state index contributed by atoms with van der Waals surface area (Å²) in [4.78, 5) is 18.3. The largest absolute Gasteiger partial charge is 0.502 e. The summed E-state index contributed by atoms with van der Waals surface area (Å²) in [5, 5.41) is 12.8. The molecule has 0 spiro atoms. The van der Waals surface area contributed by atoms with Gasteiger partial charge < -0.3 is 15.3 Å². The van der Waals surface area contributed by atoms with Crippen molar-refractivity contribution in [1.82, 2.24) is 15.2 Å². The van der Waals surface area contributed by atoms with Gasteiger partial charge in [-0.15, -0.1) is 0 Å². The van der Waals surface area contributed by atoms with Crippen LogP contribution in [0.3, 0.4) is 0 Å². The van der Waals surface area contributed by atoms with Crippen molar-refractivity contribution >= 4 is 5.91 Å². The van der Waals surface area contributed by atoms with Gasteiger partial charge in [-0.3, -0.25) is 9.78 Å². The van der Waals surface area contributed by atoms with Crippen molar-refractivity contribution < 1.29 is 9.90 Å². The number of amides is 1. The molecule has 1 aromatic rings.